The minimum Gasteiger partial charge on any atom is -0.497 e. The molecule has 2 heterocycles. The number of aryl methyl sites for hydroxylation is 2. The predicted molar refractivity (Wildman–Crippen MR) is 100 cm³/mol. The Kier molecular flexibility index (Phi) is 5.09. The van der Waals surface area contributed by atoms with Gasteiger partial charge in [-0.05, 0) is 49.7 Å². The zero-order valence-electron chi connectivity index (χ0n) is 14.4. The molecular formula is C19H19N3O2S. The van der Waals surface area contributed by atoms with Gasteiger partial charge in [-0.15, -0.1) is 11.3 Å². The second-order valence-corrected chi connectivity index (χ2v) is 6.89. The molecule has 5 nitrogen and oxygen atoms in total. The molecule has 0 saturated carbocycles. The molecule has 3 aromatic rings. The Balaban J connectivity index is 1.71. The quantitative estimate of drug-likeness (QED) is 0.753. The van der Waals surface area contributed by atoms with E-state index in [4.69, 9.17) is 4.74 Å². The average molecular weight is 353 g/mol. The largest absolute Gasteiger partial charge is 0.497 e. The lowest BCUT2D eigenvalue weighted by atomic mass is 10.1. The molecule has 0 fully saturated rings. The van der Waals surface area contributed by atoms with E-state index in [9.17, 15) is 4.79 Å². The van der Waals surface area contributed by atoms with Crippen molar-refractivity contribution in [2.24, 2.45) is 0 Å². The maximum atomic E-state index is 12.2. The SMILES string of the molecule is COc1ccc(-c2nc(NC(=O)Cc3ccc(C)nc3)sc2C)cc1. The summed E-state index contributed by atoms with van der Waals surface area (Å²) in [5, 5.41) is 3.48. The van der Waals surface area contributed by atoms with E-state index in [1.165, 1.54) is 11.3 Å². The van der Waals surface area contributed by atoms with Crippen LogP contribution in [0.4, 0.5) is 5.13 Å². The van der Waals surface area contributed by atoms with Crippen LogP contribution < -0.4 is 10.1 Å². The Labute approximate surface area is 150 Å². The number of amides is 1. The zero-order chi connectivity index (χ0) is 17.8. The normalized spacial score (nSPS) is 10.5. The highest BCUT2D eigenvalue weighted by molar-refractivity contribution is 7.16. The lowest BCUT2D eigenvalue weighted by Crippen LogP contribution is -2.14. The first-order valence-corrected chi connectivity index (χ1v) is 8.70. The van der Waals surface area contributed by atoms with Crippen molar-refractivity contribution >= 4 is 22.4 Å². The first kappa shape index (κ1) is 17.1. The van der Waals surface area contributed by atoms with Gasteiger partial charge in [-0.1, -0.05) is 6.07 Å². The van der Waals surface area contributed by atoms with Gasteiger partial charge in [0, 0.05) is 22.3 Å². The summed E-state index contributed by atoms with van der Waals surface area (Å²) in [6, 6.07) is 11.5. The molecule has 6 heteroatoms. The fourth-order valence-electron chi connectivity index (χ4n) is 2.42. The average Bonchev–Trinajstić information content (AvgIpc) is 2.97. The number of methoxy groups -OCH3 is 1. The Morgan fingerprint density at radius 1 is 1.16 bits per heavy atom. The standard InChI is InChI=1S/C19H19N3O2S/c1-12-4-5-14(11-20-12)10-17(23)21-19-22-18(13(2)25-19)15-6-8-16(24-3)9-7-15/h4-9,11H,10H2,1-3H3,(H,21,22,23). The van der Waals surface area contributed by atoms with Crippen LogP contribution in [0.25, 0.3) is 11.3 Å². The van der Waals surface area contributed by atoms with Crippen molar-refractivity contribution in [2.75, 3.05) is 12.4 Å². The van der Waals surface area contributed by atoms with Crippen LogP contribution in [-0.2, 0) is 11.2 Å². The lowest BCUT2D eigenvalue weighted by molar-refractivity contribution is -0.115. The molecule has 0 radical (unpaired) electrons. The number of anilines is 1. The van der Waals surface area contributed by atoms with Crippen molar-refractivity contribution in [2.45, 2.75) is 20.3 Å². The van der Waals surface area contributed by atoms with Crippen LogP contribution in [-0.4, -0.2) is 23.0 Å². The molecule has 3 rings (SSSR count). The van der Waals surface area contributed by atoms with Gasteiger partial charge in [-0.3, -0.25) is 9.78 Å². The predicted octanol–water partition coefficient (Wildman–Crippen LogP) is 4.01. The molecule has 25 heavy (non-hydrogen) atoms. The van der Waals surface area contributed by atoms with Gasteiger partial charge < -0.3 is 10.1 Å². The third kappa shape index (κ3) is 4.22. The molecule has 0 atom stereocenters. The van der Waals surface area contributed by atoms with Crippen LogP contribution in [0.1, 0.15) is 16.1 Å². The number of hydrogen-bond acceptors (Lipinski definition) is 5. The smallest absolute Gasteiger partial charge is 0.230 e. The summed E-state index contributed by atoms with van der Waals surface area (Å²) >= 11 is 1.47. The summed E-state index contributed by atoms with van der Waals surface area (Å²) in [7, 11) is 1.64. The Morgan fingerprint density at radius 3 is 2.56 bits per heavy atom. The van der Waals surface area contributed by atoms with Crippen LogP contribution in [0.5, 0.6) is 5.75 Å². The Bertz CT molecular complexity index is 871. The number of pyridine rings is 1. The molecule has 1 N–H and O–H groups in total. The number of carbonyl (C=O) groups is 1. The number of aromatic nitrogens is 2. The molecule has 0 aliphatic rings. The molecule has 1 aromatic carbocycles. The molecule has 0 saturated heterocycles. The fraction of sp³-hybridized carbons (Fsp3) is 0.211. The topological polar surface area (TPSA) is 64.1 Å². The molecular weight excluding hydrogens is 334 g/mol. The van der Waals surface area contributed by atoms with Gasteiger partial charge in [0.1, 0.15) is 5.75 Å². The maximum absolute atomic E-state index is 12.2. The van der Waals surface area contributed by atoms with Crippen LogP contribution in [0.3, 0.4) is 0 Å². The monoisotopic (exact) mass is 353 g/mol. The molecule has 0 spiro atoms. The third-order valence-corrected chi connectivity index (χ3v) is 4.63. The highest BCUT2D eigenvalue weighted by Crippen LogP contribution is 2.31. The van der Waals surface area contributed by atoms with E-state index in [1.807, 2.05) is 50.2 Å². The van der Waals surface area contributed by atoms with Crippen molar-refractivity contribution in [3.05, 3.63) is 58.7 Å². The van der Waals surface area contributed by atoms with E-state index in [2.05, 4.69) is 15.3 Å². The molecule has 0 unspecified atom stereocenters. The molecule has 0 aliphatic heterocycles. The van der Waals surface area contributed by atoms with Gasteiger partial charge in [0.25, 0.3) is 0 Å². The Morgan fingerprint density at radius 2 is 1.92 bits per heavy atom. The highest BCUT2D eigenvalue weighted by Gasteiger charge is 2.12. The van der Waals surface area contributed by atoms with Gasteiger partial charge >= 0.3 is 0 Å². The summed E-state index contributed by atoms with van der Waals surface area (Å²) in [5.74, 6) is 0.706. The van der Waals surface area contributed by atoms with Crippen LogP contribution in [0, 0.1) is 13.8 Å². The first-order valence-electron chi connectivity index (χ1n) is 7.88. The summed E-state index contributed by atoms with van der Waals surface area (Å²) < 4.78 is 5.18. The first-order chi connectivity index (χ1) is 12.0. The van der Waals surface area contributed by atoms with Gasteiger partial charge in [0.05, 0.1) is 19.2 Å². The maximum Gasteiger partial charge on any atom is 0.230 e. The number of rotatable bonds is 5. The van der Waals surface area contributed by atoms with E-state index in [-0.39, 0.29) is 12.3 Å². The molecule has 128 valence electrons. The summed E-state index contributed by atoms with van der Waals surface area (Å²) in [4.78, 5) is 22.0. The van der Waals surface area contributed by atoms with Crippen molar-refractivity contribution in [3.8, 4) is 17.0 Å². The number of carbonyl (C=O) groups excluding carboxylic acids is 1. The van der Waals surface area contributed by atoms with Crippen molar-refractivity contribution in [1.82, 2.24) is 9.97 Å². The molecule has 2 aromatic heterocycles. The number of nitrogens with one attached hydrogen (secondary N) is 1. The fourth-order valence-corrected chi connectivity index (χ4v) is 3.27. The molecule has 0 bridgehead atoms. The zero-order valence-corrected chi connectivity index (χ0v) is 15.2. The minimum absolute atomic E-state index is 0.0966. The van der Waals surface area contributed by atoms with Gasteiger partial charge in [-0.25, -0.2) is 4.98 Å². The molecule has 0 aliphatic carbocycles. The number of thiazole rings is 1. The van der Waals surface area contributed by atoms with E-state index >= 15 is 0 Å². The van der Waals surface area contributed by atoms with Crippen LogP contribution >= 0.6 is 11.3 Å². The molecule has 1 amide bonds. The number of hydrogen-bond donors (Lipinski definition) is 1. The number of ether oxygens (including phenoxy) is 1. The van der Waals surface area contributed by atoms with Crippen molar-refractivity contribution in [3.63, 3.8) is 0 Å². The minimum atomic E-state index is -0.0966. The summed E-state index contributed by atoms with van der Waals surface area (Å²) in [5.41, 5.74) is 3.69. The Hall–Kier alpha value is -2.73. The summed E-state index contributed by atoms with van der Waals surface area (Å²) in [6.45, 7) is 3.92. The highest BCUT2D eigenvalue weighted by atomic mass is 32.1. The van der Waals surface area contributed by atoms with Crippen molar-refractivity contribution < 1.29 is 9.53 Å². The second-order valence-electron chi connectivity index (χ2n) is 5.69. The van der Waals surface area contributed by atoms with Crippen molar-refractivity contribution in [1.29, 1.82) is 0 Å². The third-order valence-electron chi connectivity index (χ3n) is 3.74. The number of nitrogens with zero attached hydrogens (tertiary/aromatic N) is 2. The van der Waals surface area contributed by atoms with E-state index in [0.717, 1.165) is 33.1 Å². The van der Waals surface area contributed by atoms with E-state index in [1.54, 1.807) is 13.3 Å². The van der Waals surface area contributed by atoms with Gasteiger partial charge in [-0.2, -0.15) is 0 Å². The van der Waals surface area contributed by atoms with Gasteiger partial charge in [0.15, 0.2) is 5.13 Å². The number of benzene rings is 1. The lowest BCUT2D eigenvalue weighted by Gasteiger charge is -2.03. The summed E-state index contributed by atoms with van der Waals surface area (Å²) in [6.07, 6.45) is 2.01. The van der Waals surface area contributed by atoms with Crippen LogP contribution in [0.15, 0.2) is 42.6 Å². The van der Waals surface area contributed by atoms with Crippen LogP contribution in [0.2, 0.25) is 0 Å². The van der Waals surface area contributed by atoms with E-state index < -0.39 is 0 Å². The second kappa shape index (κ2) is 7.44. The van der Waals surface area contributed by atoms with E-state index in [0.29, 0.717) is 5.13 Å². The van der Waals surface area contributed by atoms with Gasteiger partial charge in [0.2, 0.25) is 5.91 Å².